The third kappa shape index (κ3) is 3.23. The highest BCUT2D eigenvalue weighted by molar-refractivity contribution is 7.91. The van der Waals surface area contributed by atoms with Gasteiger partial charge in [0.1, 0.15) is 9.84 Å². The minimum Gasteiger partial charge on any atom is -0.353 e. The van der Waals surface area contributed by atoms with Crippen molar-refractivity contribution in [2.45, 2.75) is 38.6 Å². The molecule has 2 aliphatic heterocycles. The van der Waals surface area contributed by atoms with Crippen LogP contribution in [0.15, 0.2) is 0 Å². The molecule has 2 aliphatic rings. The summed E-state index contributed by atoms with van der Waals surface area (Å²) in [4.78, 5) is 12.2. The Morgan fingerprint density at radius 3 is 2.56 bits per heavy atom. The molecule has 2 saturated heterocycles. The Morgan fingerprint density at radius 1 is 1.33 bits per heavy atom. The van der Waals surface area contributed by atoms with Gasteiger partial charge in [0.15, 0.2) is 0 Å². The van der Waals surface area contributed by atoms with Gasteiger partial charge in [0, 0.05) is 12.6 Å². The van der Waals surface area contributed by atoms with E-state index in [1.54, 1.807) is 0 Å². The SMILES string of the molecule is C[C@@]1(C(=O)NC2CCS(=O)(=O)CC2)CCCNC1. The van der Waals surface area contributed by atoms with Gasteiger partial charge < -0.3 is 10.6 Å². The largest absolute Gasteiger partial charge is 0.353 e. The maximum Gasteiger partial charge on any atom is 0.227 e. The van der Waals surface area contributed by atoms with Crippen molar-refractivity contribution in [1.29, 1.82) is 0 Å². The molecule has 0 saturated carbocycles. The predicted molar refractivity (Wildman–Crippen MR) is 70.0 cm³/mol. The van der Waals surface area contributed by atoms with Crippen LogP contribution in [0, 0.1) is 5.41 Å². The second kappa shape index (κ2) is 5.17. The van der Waals surface area contributed by atoms with Crippen LogP contribution in [0.5, 0.6) is 0 Å². The molecule has 2 N–H and O–H groups in total. The Morgan fingerprint density at radius 2 is 2.00 bits per heavy atom. The Balaban J connectivity index is 1.88. The first kappa shape index (κ1) is 13.8. The Labute approximate surface area is 109 Å². The number of sulfone groups is 1. The molecule has 2 rings (SSSR count). The van der Waals surface area contributed by atoms with Crippen molar-refractivity contribution < 1.29 is 13.2 Å². The fourth-order valence-electron chi connectivity index (χ4n) is 2.64. The van der Waals surface area contributed by atoms with Crippen LogP contribution in [0.3, 0.4) is 0 Å². The zero-order valence-electron chi connectivity index (χ0n) is 10.9. The molecule has 6 heteroatoms. The molecule has 0 unspecified atom stereocenters. The topological polar surface area (TPSA) is 75.3 Å². The number of hydrogen-bond acceptors (Lipinski definition) is 4. The van der Waals surface area contributed by atoms with Crippen molar-refractivity contribution >= 4 is 15.7 Å². The number of piperidine rings is 1. The van der Waals surface area contributed by atoms with Gasteiger partial charge in [-0.1, -0.05) is 0 Å². The Kier molecular flexibility index (Phi) is 3.96. The van der Waals surface area contributed by atoms with Crippen LogP contribution < -0.4 is 10.6 Å². The van der Waals surface area contributed by atoms with Gasteiger partial charge in [-0.25, -0.2) is 8.42 Å². The zero-order valence-corrected chi connectivity index (χ0v) is 11.7. The third-order valence-electron chi connectivity index (χ3n) is 4.04. The van der Waals surface area contributed by atoms with Crippen molar-refractivity contribution in [3.05, 3.63) is 0 Å². The van der Waals surface area contributed by atoms with Crippen molar-refractivity contribution in [1.82, 2.24) is 10.6 Å². The summed E-state index contributed by atoms with van der Waals surface area (Å²) in [6.45, 7) is 3.67. The first-order valence-corrected chi connectivity index (χ1v) is 8.46. The second-order valence-electron chi connectivity index (χ2n) is 5.74. The lowest BCUT2D eigenvalue weighted by atomic mass is 9.81. The molecule has 0 radical (unpaired) electrons. The standard InChI is InChI=1S/C12H22N2O3S/c1-12(5-2-6-13-9-12)11(15)14-10-3-7-18(16,17)8-4-10/h10,13H,2-9H2,1H3,(H,14,15)/t12-/m1/s1. The van der Waals surface area contributed by atoms with E-state index < -0.39 is 9.84 Å². The van der Waals surface area contributed by atoms with Crippen LogP contribution in [0.25, 0.3) is 0 Å². The number of carbonyl (C=O) groups is 1. The third-order valence-corrected chi connectivity index (χ3v) is 5.75. The van der Waals surface area contributed by atoms with E-state index in [0.717, 1.165) is 19.4 Å². The molecule has 18 heavy (non-hydrogen) atoms. The first-order chi connectivity index (χ1) is 8.41. The van der Waals surface area contributed by atoms with E-state index in [-0.39, 0.29) is 28.9 Å². The number of carbonyl (C=O) groups excluding carboxylic acids is 1. The molecule has 5 nitrogen and oxygen atoms in total. The average Bonchev–Trinajstić information content (AvgIpc) is 2.33. The van der Waals surface area contributed by atoms with E-state index in [0.29, 0.717) is 19.4 Å². The van der Waals surface area contributed by atoms with Gasteiger partial charge >= 0.3 is 0 Å². The highest BCUT2D eigenvalue weighted by Crippen LogP contribution is 2.26. The van der Waals surface area contributed by atoms with Crippen LogP contribution in [0.4, 0.5) is 0 Å². The minimum absolute atomic E-state index is 0.0276. The molecule has 2 heterocycles. The summed E-state index contributed by atoms with van der Waals surface area (Å²) in [5, 5.41) is 6.27. The summed E-state index contributed by atoms with van der Waals surface area (Å²) in [6, 6.07) is 0.0276. The lowest BCUT2D eigenvalue weighted by Gasteiger charge is -2.35. The van der Waals surface area contributed by atoms with Crippen molar-refractivity contribution in [2.24, 2.45) is 5.41 Å². The molecular formula is C12H22N2O3S. The Hall–Kier alpha value is -0.620. The number of nitrogens with one attached hydrogen (secondary N) is 2. The molecule has 1 amide bonds. The highest BCUT2D eigenvalue weighted by atomic mass is 32.2. The first-order valence-electron chi connectivity index (χ1n) is 6.63. The van der Waals surface area contributed by atoms with Crippen molar-refractivity contribution in [3.8, 4) is 0 Å². The number of hydrogen-bond donors (Lipinski definition) is 2. The maximum absolute atomic E-state index is 12.2. The fourth-order valence-corrected chi connectivity index (χ4v) is 4.14. The Bertz CT molecular complexity index is 399. The lowest BCUT2D eigenvalue weighted by Crippen LogP contribution is -2.52. The zero-order chi connectivity index (χ0) is 13.2. The van der Waals surface area contributed by atoms with E-state index in [1.807, 2.05) is 6.92 Å². The second-order valence-corrected chi connectivity index (χ2v) is 8.04. The maximum atomic E-state index is 12.2. The van der Waals surface area contributed by atoms with E-state index in [2.05, 4.69) is 10.6 Å². The van der Waals surface area contributed by atoms with E-state index in [1.165, 1.54) is 0 Å². The monoisotopic (exact) mass is 274 g/mol. The van der Waals surface area contributed by atoms with Gasteiger partial charge in [0.05, 0.1) is 16.9 Å². The summed E-state index contributed by atoms with van der Waals surface area (Å²) >= 11 is 0. The van der Waals surface area contributed by atoms with Gasteiger partial charge in [0.25, 0.3) is 0 Å². The smallest absolute Gasteiger partial charge is 0.227 e. The summed E-state index contributed by atoms with van der Waals surface area (Å²) < 4.78 is 22.6. The molecule has 1 atom stereocenters. The summed E-state index contributed by atoms with van der Waals surface area (Å²) in [5.41, 5.74) is -0.339. The quantitative estimate of drug-likeness (QED) is 0.747. The van der Waals surface area contributed by atoms with Gasteiger partial charge in [0.2, 0.25) is 5.91 Å². The molecular weight excluding hydrogens is 252 g/mol. The molecule has 0 aromatic rings. The van der Waals surface area contributed by atoms with Crippen LogP contribution in [0.1, 0.15) is 32.6 Å². The summed E-state index contributed by atoms with van der Waals surface area (Å²) in [7, 11) is -2.86. The lowest BCUT2D eigenvalue weighted by molar-refractivity contribution is -0.131. The number of amides is 1. The van der Waals surface area contributed by atoms with Gasteiger partial charge in [-0.2, -0.15) is 0 Å². The van der Waals surface area contributed by atoms with Gasteiger partial charge in [-0.3, -0.25) is 4.79 Å². The molecule has 0 aromatic heterocycles. The normalized spacial score (nSPS) is 32.9. The summed E-state index contributed by atoms with van der Waals surface area (Å²) in [6.07, 6.45) is 3.02. The van der Waals surface area contributed by atoms with E-state index in [4.69, 9.17) is 0 Å². The molecule has 0 aliphatic carbocycles. The molecule has 0 bridgehead atoms. The van der Waals surface area contributed by atoms with E-state index in [9.17, 15) is 13.2 Å². The number of rotatable bonds is 2. The van der Waals surface area contributed by atoms with Gasteiger partial charge in [-0.15, -0.1) is 0 Å². The molecule has 2 fully saturated rings. The van der Waals surface area contributed by atoms with Crippen molar-refractivity contribution in [3.63, 3.8) is 0 Å². The highest BCUT2D eigenvalue weighted by Gasteiger charge is 2.36. The molecule has 104 valence electrons. The average molecular weight is 274 g/mol. The summed E-state index contributed by atoms with van der Waals surface area (Å²) in [5.74, 6) is 0.471. The predicted octanol–water partition coefficient (Wildman–Crippen LogP) is 0.0695. The van der Waals surface area contributed by atoms with E-state index >= 15 is 0 Å². The van der Waals surface area contributed by atoms with Crippen LogP contribution >= 0.6 is 0 Å². The van der Waals surface area contributed by atoms with Crippen LogP contribution in [-0.4, -0.2) is 45.0 Å². The minimum atomic E-state index is -2.86. The van der Waals surface area contributed by atoms with Crippen molar-refractivity contribution in [2.75, 3.05) is 24.6 Å². The fraction of sp³-hybridized carbons (Fsp3) is 0.917. The van der Waals surface area contributed by atoms with Crippen LogP contribution in [0.2, 0.25) is 0 Å². The molecule has 0 aromatic carbocycles. The molecule has 0 spiro atoms. The van der Waals surface area contributed by atoms with Gasteiger partial charge in [-0.05, 0) is 39.2 Å². The van der Waals surface area contributed by atoms with Crippen LogP contribution in [-0.2, 0) is 14.6 Å².